The summed E-state index contributed by atoms with van der Waals surface area (Å²) in [7, 11) is 0. The average Bonchev–Trinajstić information content (AvgIpc) is 3.12. The Labute approximate surface area is 115 Å². The van der Waals surface area contributed by atoms with E-state index in [0.717, 1.165) is 23.1 Å². The number of aliphatic hydroxyl groups is 1. The van der Waals surface area contributed by atoms with Gasteiger partial charge in [0.1, 0.15) is 5.52 Å². The van der Waals surface area contributed by atoms with Crippen molar-refractivity contribution in [2.24, 2.45) is 0 Å². The van der Waals surface area contributed by atoms with Gasteiger partial charge in [0.15, 0.2) is 0 Å². The van der Waals surface area contributed by atoms with Crippen LogP contribution in [-0.4, -0.2) is 44.2 Å². The molecular weight excluding hydrogens is 262 g/mol. The molecule has 0 unspecified atom stereocenters. The van der Waals surface area contributed by atoms with Gasteiger partial charge in [0.25, 0.3) is 5.91 Å². The third-order valence-corrected chi connectivity index (χ3v) is 3.91. The van der Waals surface area contributed by atoms with Crippen LogP contribution in [0.4, 0.5) is 0 Å². The van der Waals surface area contributed by atoms with Crippen molar-refractivity contribution in [2.45, 2.75) is 31.9 Å². The highest BCUT2D eigenvalue weighted by molar-refractivity contribution is 7.12. The fourth-order valence-corrected chi connectivity index (χ4v) is 2.69. The number of nitrogens with zero attached hydrogens (tertiary/aromatic N) is 3. The van der Waals surface area contributed by atoms with E-state index in [-0.39, 0.29) is 11.9 Å². The number of carbonyl (C=O) groups is 1. The number of hydrogen-bond donors (Lipinski definition) is 1. The maximum absolute atomic E-state index is 12.5. The lowest BCUT2D eigenvalue weighted by Gasteiger charge is -2.23. The first-order valence-electron chi connectivity index (χ1n) is 6.36. The van der Waals surface area contributed by atoms with Crippen LogP contribution in [0.3, 0.4) is 0 Å². The molecule has 6 heteroatoms. The van der Waals surface area contributed by atoms with Gasteiger partial charge in [-0.15, -0.1) is 5.10 Å². The van der Waals surface area contributed by atoms with Gasteiger partial charge in [-0.1, -0.05) is 4.49 Å². The Balaban J connectivity index is 1.87. The highest BCUT2D eigenvalue weighted by Gasteiger charge is 2.33. The van der Waals surface area contributed by atoms with E-state index < -0.39 is 6.10 Å². The fraction of sp³-hybridized carbons (Fsp3) is 0.462. The summed E-state index contributed by atoms with van der Waals surface area (Å²) in [4.78, 5) is 14.3. The number of carbonyl (C=O) groups excluding carboxylic acids is 1. The summed E-state index contributed by atoms with van der Waals surface area (Å²) in [6, 6.07) is 5.74. The Kier molecular flexibility index (Phi) is 3.20. The molecule has 1 aromatic carbocycles. The molecule has 1 aliphatic carbocycles. The van der Waals surface area contributed by atoms with Gasteiger partial charge in [-0.2, -0.15) is 0 Å². The van der Waals surface area contributed by atoms with E-state index in [1.54, 1.807) is 17.9 Å². The molecule has 1 fully saturated rings. The van der Waals surface area contributed by atoms with Crippen molar-refractivity contribution in [3.8, 4) is 0 Å². The lowest BCUT2D eigenvalue weighted by atomic mass is 10.1. The minimum absolute atomic E-state index is 0.0294. The second-order valence-corrected chi connectivity index (χ2v) is 5.78. The molecule has 0 spiro atoms. The Morgan fingerprint density at radius 3 is 3.05 bits per heavy atom. The quantitative estimate of drug-likeness (QED) is 0.923. The number of amides is 1. The largest absolute Gasteiger partial charge is 0.392 e. The number of hydrogen-bond acceptors (Lipinski definition) is 5. The minimum atomic E-state index is -0.505. The molecule has 1 amide bonds. The van der Waals surface area contributed by atoms with Gasteiger partial charge < -0.3 is 10.0 Å². The van der Waals surface area contributed by atoms with E-state index >= 15 is 0 Å². The van der Waals surface area contributed by atoms with E-state index in [2.05, 4.69) is 9.59 Å². The van der Waals surface area contributed by atoms with Crippen molar-refractivity contribution >= 4 is 27.7 Å². The molecule has 0 radical (unpaired) electrons. The van der Waals surface area contributed by atoms with E-state index in [1.165, 1.54) is 11.5 Å². The molecule has 1 heterocycles. The molecule has 1 atom stereocenters. The Hall–Kier alpha value is -1.53. The zero-order valence-electron chi connectivity index (χ0n) is 10.6. The van der Waals surface area contributed by atoms with Crippen LogP contribution in [0.25, 0.3) is 10.2 Å². The summed E-state index contributed by atoms with van der Waals surface area (Å²) in [5.74, 6) is -0.0294. The van der Waals surface area contributed by atoms with Gasteiger partial charge in [0.05, 0.1) is 10.8 Å². The van der Waals surface area contributed by atoms with Gasteiger partial charge >= 0.3 is 0 Å². The number of rotatable bonds is 4. The van der Waals surface area contributed by atoms with Crippen LogP contribution >= 0.6 is 11.5 Å². The first kappa shape index (κ1) is 12.5. The van der Waals surface area contributed by atoms with Gasteiger partial charge in [-0.3, -0.25) is 4.79 Å². The Morgan fingerprint density at radius 1 is 1.58 bits per heavy atom. The summed E-state index contributed by atoms with van der Waals surface area (Å²) >= 11 is 1.32. The lowest BCUT2D eigenvalue weighted by Crippen LogP contribution is -2.38. The molecule has 3 rings (SSSR count). The zero-order valence-corrected chi connectivity index (χ0v) is 11.4. The predicted octanol–water partition coefficient (Wildman–Crippen LogP) is 1.68. The van der Waals surface area contributed by atoms with Crippen molar-refractivity contribution in [1.82, 2.24) is 14.5 Å². The summed E-state index contributed by atoms with van der Waals surface area (Å²) in [5.41, 5.74) is 1.37. The van der Waals surface area contributed by atoms with Gasteiger partial charge in [-0.05, 0) is 49.5 Å². The van der Waals surface area contributed by atoms with E-state index in [4.69, 9.17) is 0 Å². The van der Waals surface area contributed by atoms with Crippen LogP contribution in [0.15, 0.2) is 18.2 Å². The van der Waals surface area contributed by atoms with Crippen LogP contribution in [0, 0.1) is 0 Å². The van der Waals surface area contributed by atoms with Crippen LogP contribution in [0.2, 0.25) is 0 Å². The third kappa shape index (κ3) is 2.59. The first-order chi connectivity index (χ1) is 9.15. The van der Waals surface area contributed by atoms with Gasteiger partial charge in [0.2, 0.25) is 0 Å². The van der Waals surface area contributed by atoms with Gasteiger partial charge in [-0.25, -0.2) is 0 Å². The normalized spacial score (nSPS) is 16.5. The first-order valence-corrected chi connectivity index (χ1v) is 7.13. The molecule has 1 N–H and O–H groups in total. The van der Waals surface area contributed by atoms with Crippen LogP contribution < -0.4 is 0 Å². The molecule has 100 valence electrons. The monoisotopic (exact) mass is 277 g/mol. The summed E-state index contributed by atoms with van der Waals surface area (Å²) in [6.45, 7) is 2.09. The zero-order chi connectivity index (χ0) is 13.4. The molecule has 2 aromatic rings. The molecular formula is C13H15N3O2S. The van der Waals surface area contributed by atoms with E-state index in [1.807, 2.05) is 12.1 Å². The van der Waals surface area contributed by atoms with Crippen molar-refractivity contribution in [2.75, 3.05) is 6.54 Å². The van der Waals surface area contributed by atoms with E-state index in [9.17, 15) is 9.90 Å². The number of aromatic nitrogens is 2. The van der Waals surface area contributed by atoms with Crippen molar-refractivity contribution in [1.29, 1.82) is 0 Å². The molecule has 1 aromatic heterocycles. The molecule has 0 bridgehead atoms. The standard InChI is InChI=1S/C13H15N3O2S/c1-8(17)7-16(10-3-4-10)13(18)9-2-5-12-11(6-9)14-15-19-12/h2,5-6,8,10,17H,3-4,7H2,1H3/t8-/m1/s1. The maximum atomic E-state index is 12.5. The number of fused-ring (bicyclic) bond motifs is 1. The van der Waals surface area contributed by atoms with Crippen LogP contribution in [0.1, 0.15) is 30.1 Å². The van der Waals surface area contributed by atoms with E-state index in [0.29, 0.717) is 12.1 Å². The maximum Gasteiger partial charge on any atom is 0.254 e. The SMILES string of the molecule is C[C@@H](O)CN(C(=O)c1ccc2snnc2c1)C1CC1. The fourth-order valence-electron chi connectivity index (χ4n) is 2.15. The van der Waals surface area contributed by atoms with Gasteiger partial charge in [0, 0.05) is 18.2 Å². The third-order valence-electron chi connectivity index (χ3n) is 3.20. The summed E-state index contributed by atoms with van der Waals surface area (Å²) in [5, 5.41) is 13.5. The Bertz CT molecular complexity index is 607. The molecule has 5 nitrogen and oxygen atoms in total. The Morgan fingerprint density at radius 2 is 2.37 bits per heavy atom. The highest BCUT2D eigenvalue weighted by Crippen LogP contribution is 2.29. The molecule has 0 saturated heterocycles. The molecule has 1 saturated carbocycles. The minimum Gasteiger partial charge on any atom is -0.392 e. The summed E-state index contributed by atoms with van der Waals surface area (Å²) in [6.07, 6.45) is 1.55. The lowest BCUT2D eigenvalue weighted by molar-refractivity contribution is 0.0630. The second-order valence-electron chi connectivity index (χ2n) is 4.99. The predicted molar refractivity (Wildman–Crippen MR) is 73.2 cm³/mol. The van der Waals surface area contributed by atoms with Crippen molar-refractivity contribution in [3.05, 3.63) is 23.8 Å². The highest BCUT2D eigenvalue weighted by atomic mass is 32.1. The van der Waals surface area contributed by atoms with Crippen molar-refractivity contribution in [3.63, 3.8) is 0 Å². The number of aliphatic hydroxyl groups excluding tert-OH is 1. The second kappa shape index (κ2) is 4.86. The van der Waals surface area contributed by atoms with Crippen LogP contribution in [0.5, 0.6) is 0 Å². The number of benzene rings is 1. The smallest absolute Gasteiger partial charge is 0.254 e. The molecule has 19 heavy (non-hydrogen) atoms. The topological polar surface area (TPSA) is 66.3 Å². The molecule has 1 aliphatic rings. The van der Waals surface area contributed by atoms with Crippen LogP contribution in [-0.2, 0) is 0 Å². The average molecular weight is 277 g/mol. The summed E-state index contributed by atoms with van der Waals surface area (Å²) < 4.78 is 4.85. The van der Waals surface area contributed by atoms with Crippen molar-refractivity contribution < 1.29 is 9.90 Å². The molecule has 0 aliphatic heterocycles.